The topological polar surface area (TPSA) is 50.8 Å². The highest BCUT2D eigenvalue weighted by Gasteiger charge is 2.36. The minimum Gasteiger partial charge on any atom is -0.486 e. The highest BCUT2D eigenvalue weighted by atomic mass is 16.6. The van der Waals surface area contributed by atoms with Crippen LogP contribution in [0.5, 0.6) is 11.5 Å². The number of nitrogens with one attached hydrogen (secondary N) is 1. The maximum Gasteiger partial charge on any atom is 0.225 e. The fourth-order valence-electron chi connectivity index (χ4n) is 3.75. The second-order valence-electron chi connectivity index (χ2n) is 7.25. The molecule has 1 saturated heterocycles. The van der Waals surface area contributed by atoms with Gasteiger partial charge >= 0.3 is 0 Å². The molecule has 130 valence electrons. The predicted molar refractivity (Wildman–Crippen MR) is 91.1 cm³/mol. The molecule has 4 rings (SSSR count). The van der Waals surface area contributed by atoms with Crippen LogP contribution in [0.15, 0.2) is 18.2 Å². The van der Waals surface area contributed by atoms with Gasteiger partial charge in [0.1, 0.15) is 13.2 Å². The summed E-state index contributed by atoms with van der Waals surface area (Å²) in [6, 6.07) is 6.51. The number of carbonyl (C=O) groups excluding carboxylic acids is 1. The van der Waals surface area contributed by atoms with Crippen LogP contribution in [0.25, 0.3) is 0 Å². The first-order chi connectivity index (χ1) is 11.7. The molecule has 1 amide bonds. The summed E-state index contributed by atoms with van der Waals surface area (Å²) in [5.74, 6) is 2.90. The zero-order valence-electron chi connectivity index (χ0n) is 14.3. The lowest BCUT2D eigenvalue weighted by Crippen LogP contribution is -2.50. The van der Waals surface area contributed by atoms with Crippen molar-refractivity contribution in [3.05, 3.63) is 23.8 Å². The van der Waals surface area contributed by atoms with Gasteiger partial charge in [-0.3, -0.25) is 4.79 Å². The maximum atomic E-state index is 12.2. The Hall–Kier alpha value is -1.75. The van der Waals surface area contributed by atoms with Gasteiger partial charge in [-0.05, 0) is 31.2 Å². The first-order valence-corrected chi connectivity index (χ1v) is 9.12. The number of fused-ring (bicyclic) bond motifs is 1. The van der Waals surface area contributed by atoms with E-state index in [-0.39, 0.29) is 0 Å². The van der Waals surface area contributed by atoms with Crippen molar-refractivity contribution in [2.75, 3.05) is 26.3 Å². The molecule has 1 N–H and O–H groups in total. The molecule has 0 radical (unpaired) electrons. The van der Waals surface area contributed by atoms with Crippen molar-refractivity contribution in [1.82, 2.24) is 10.2 Å². The highest BCUT2D eigenvalue weighted by Crippen LogP contribution is 2.34. The van der Waals surface area contributed by atoms with E-state index in [0.717, 1.165) is 56.0 Å². The molecule has 24 heavy (non-hydrogen) atoms. The summed E-state index contributed by atoms with van der Waals surface area (Å²) in [7, 11) is 0. The van der Waals surface area contributed by atoms with E-state index in [1.54, 1.807) is 0 Å². The molecule has 1 aliphatic carbocycles. The Kier molecular flexibility index (Phi) is 4.35. The molecular formula is C19H26N2O3. The molecule has 0 unspecified atom stereocenters. The molecule has 2 atom stereocenters. The number of benzene rings is 1. The number of amides is 1. The second kappa shape index (κ2) is 6.63. The van der Waals surface area contributed by atoms with Crippen molar-refractivity contribution >= 4 is 5.91 Å². The Morgan fingerprint density at radius 1 is 1.25 bits per heavy atom. The average Bonchev–Trinajstić information content (AvgIpc) is 3.45. The molecule has 2 fully saturated rings. The minimum absolute atomic E-state index is 0.328. The number of ether oxygens (including phenoxy) is 2. The summed E-state index contributed by atoms with van der Waals surface area (Å²) >= 11 is 0. The van der Waals surface area contributed by atoms with E-state index in [2.05, 4.69) is 23.2 Å². The SMILES string of the molecule is C[C@H]1CN(C(=O)C2CC2)CC[C@H]1NCc1cccc2c1OCCO2. The third-order valence-electron chi connectivity index (χ3n) is 5.35. The minimum atomic E-state index is 0.328. The van der Waals surface area contributed by atoms with Crippen LogP contribution in [-0.2, 0) is 11.3 Å². The van der Waals surface area contributed by atoms with Gasteiger partial charge in [-0.2, -0.15) is 0 Å². The lowest BCUT2D eigenvalue weighted by molar-refractivity contribution is -0.134. The van der Waals surface area contributed by atoms with Gasteiger partial charge in [0.25, 0.3) is 0 Å². The second-order valence-corrected chi connectivity index (χ2v) is 7.25. The zero-order valence-corrected chi connectivity index (χ0v) is 14.3. The van der Waals surface area contributed by atoms with Crippen LogP contribution in [-0.4, -0.2) is 43.2 Å². The summed E-state index contributed by atoms with van der Waals surface area (Å²) in [4.78, 5) is 14.3. The lowest BCUT2D eigenvalue weighted by atomic mass is 9.93. The Labute approximate surface area is 143 Å². The van der Waals surface area contributed by atoms with Crippen molar-refractivity contribution in [3.63, 3.8) is 0 Å². The molecule has 3 aliphatic rings. The third-order valence-corrected chi connectivity index (χ3v) is 5.35. The molecule has 5 heteroatoms. The normalized spacial score (nSPS) is 26.3. The Morgan fingerprint density at radius 3 is 2.88 bits per heavy atom. The summed E-state index contributed by atoms with van der Waals surface area (Å²) in [6.45, 7) is 6.00. The van der Waals surface area contributed by atoms with Crippen molar-refractivity contribution < 1.29 is 14.3 Å². The monoisotopic (exact) mass is 330 g/mol. The maximum absolute atomic E-state index is 12.2. The smallest absolute Gasteiger partial charge is 0.225 e. The van der Waals surface area contributed by atoms with Crippen molar-refractivity contribution in [1.29, 1.82) is 0 Å². The summed E-state index contributed by atoms with van der Waals surface area (Å²) in [5.41, 5.74) is 1.15. The average molecular weight is 330 g/mol. The molecule has 0 aromatic heterocycles. The van der Waals surface area contributed by atoms with Gasteiger partial charge in [0.2, 0.25) is 5.91 Å². The quantitative estimate of drug-likeness (QED) is 0.919. The fourth-order valence-corrected chi connectivity index (χ4v) is 3.75. The highest BCUT2D eigenvalue weighted by molar-refractivity contribution is 5.81. The summed E-state index contributed by atoms with van der Waals surface area (Å²) in [5, 5.41) is 3.67. The number of rotatable bonds is 4. The van der Waals surface area contributed by atoms with Crippen LogP contribution in [0.4, 0.5) is 0 Å². The van der Waals surface area contributed by atoms with Crippen molar-refractivity contribution in [2.24, 2.45) is 11.8 Å². The molecule has 0 spiro atoms. The number of hydrogen-bond acceptors (Lipinski definition) is 4. The van der Waals surface area contributed by atoms with Crippen LogP contribution in [0.1, 0.15) is 31.7 Å². The van der Waals surface area contributed by atoms with Crippen molar-refractivity contribution in [3.8, 4) is 11.5 Å². The largest absolute Gasteiger partial charge is 0.486 e. The van der Waals surface area contributed by atoms with Gasteiger partial charge in [0.05, 0.1) is 0 Å². The molecule has 5 nitrogen and oxygen atoms in total. The standard InChI is InChI=1S/C19H26N2O3/c1-13-12-21(19(22)14-5-6-14)8-7-16(13)20-11-15-3-2-4-17-18(15)24-10-9-23-17/h2-4,13-14,16,20H,5-12H2,1H3/t13-,16+/m0/s1. The van der Waals surface area contributed by atoms with Crippen LogP contribution in [0.3, 0.4) is 0 Å². The molecule has 2 aliphatic heterocycles. The molecule has 2 heterocycles. The Bertz CT molecular complexity index is 615. The van der Waals surface area contributed by atoms with E-state index in [0.29, 0.717) is 37.0 Å². The summed E-state index contributed by atoms with van der Waals surface area (Å²) < 4.78 is 11.4. The number of nitrogens with zero attached hydrogens (tertiary/aromatic N) is 1. The van der Waals surface area contributed by atoms with Gasteiger partial charge in [0.15, 0.2) is 11.5 Å². The van der Waals surface area contributed by atoms with Gasteiger partial charge < -0.3 is 19.7 Å². The first-order valence-electron chi connectivity index (χ1n) is 9.12. The van der Waals surface area contributed by atoms with E-state index in [1.165, 1.54) is 0 Å². The van der Waals surface area contributed by atoms with E-state index in [1.807, 2.05) is 12.1 Å². The van der Waals surface area contributed by atoms with E-state index in [4.69, 9.17) is 9.47 Å². The number of para-hydroxylation sites is 1. The number of hydrogen-bond donors (Lipinski definition) is 1. The van der Waals surface area contributed by atoms with Crippen molar-refractivity contribution in [2.45, 2.75) is 38.8 Å². The van der Waals surface area contributed by atoms with E-state index in [9.17, 15) is 4.79 Å². The number of likely N-dealkylation sites (tertiary alicyclic amines) is 1. The molecular weight excluding hydrogens is 304 g/mol. The first kappa shape index (κ1) is 15.8. The number of carbonyl (C=O) groups is 1. The van der Waals surface area contributed by atoms with E-state index < -0.39 is 0 Å². The molecule has 1 aromatic rings. The zero-order chi connectivity index (χ0) is 16.5. The fraction of sp³-hybridized carbons (Fsp3) is 0.632. The van der Waals surface area contributed by atoms with Crippen LogP contribution in [0.2, 0.25) is 0 Å². The van der Waals surface area contributed by atoms with Crippen LogP contribution >= 0.6 is 0 Å². The molecule has 1 aromatic carbocycles. The van der Waals surface area contributed by atoms with Crippen LogP contribution in [0, 0.1) is 11.8 Å². The molecule has 0 bridgehead atoms. The Balaban J connectivity index is 1.34. The van der Waals surface area contributed by atoms with Gasteiger partial charge in [-0.15, -0.1) is 0 Å². The number of piperidine rings is 1. The lowest BCUT2D eigenvalue weighted by Gasteiger charge is -2.37. The predicted octanol–water partition coefficient (Wildman–Crippen LogP) is 2.19. The van der Waals surface area contributed by atoms with E-state index >= 15 is 0 Å². The third kappa shape index (κ3) is 3.22. The van der Waals surface area contributed by atoms with Gasteiger partial charge in [-0.25, -0.2) is 0 Å². The van der Waals surface area contributed by atoms with Crippen LogP contribution < -0.4 is 14.8 Å². The summed E-state index contributed by atoms with van der Waals surface area (Å²) in [6.07, 6.45) is 3.20. The van der Waals surface area contributed by atoms with Gasteiger partial charge in [0, 0.05) is 37.2 Å². The molecule has 1 saturated carbocycles. The van der Waals surface area contributed by atoms with Gasteiger partial charge in [-0.1, -0.05) is 19.1 Å². The Morgan fingerprint density at radius 2 is 2.08 bits per heavy atom.